The van der Waals surface area contributed by atoms with Gasteiger partial charge in [0.05, 0.1) is 12.6 Å². The molecule has 1 saturated heterocycles. The summed E-state index contributed by atoms with van der Waals surface area (Å²) in [6, 6.07) is 10.2. The number of hydrogen-bond acceptors (Lipinski definition) is 3. The van der Waals surface area contributed by atoms with Crippen molar-refractivity contribution >= 4 is 23.7 Å². The third-order valence-corrected chi connectivity index (χ3v) is 2.81. The van der Waals surface area contributed by atoms with E-state index in [0.29, 0.717) is 13.2 Å². The first-order valence-corrected chi connectivity index (χ1v) is 5.69. The van der Waals surface area contributed by atoms with E-state index in [2.05, 4.69) is 12.1 Å². The summed E-state index contributed by atoms with van der Waals surface area (Å²) in [5, 5.41) is 1.56. The van der Waals surface area contributed by atoms with Crippen LogP contribution < -0.4 is 0 Å². The Hall–Kier alpha value is -1.42. The van der Waals surface area contributed by atoms with E-state index in [4.69, 9.17) is 17.0 Å². The van der Waals surface area contributed by atoms with Crippen molar-refractivity contribution in [1.29, 1.82) is 0 Å². The Labute approximate surface area is 100 Å². The topological polar surface area (TPSA) is 29.5 Å². The quantitative estimate of drug-likeness (QED) is 0.748. The average Bonchev–Trinajstić information content (AvgIpc) is 2.64. The summed E-state index contributed by atoms with van der Waals surface area (Å²) in [6.45, 7) is 0.933. The molecule has 1 aliphatic rings. The highest BCUT2D eigenvalue weighted by molar-refractivity contribution is 7.79. The smallest absolute Gasteiger partial charge is 0.410 e. The molecule has 1 aromatic rings. The molecule has 0 spiro atoms. The number of amides is 1. The number of cyclic esters (lactones) is 1. The van der Waals surface area contributed by atoms with Crippen LogP contribution in [-0.4, -0.2) is 35.6 Å². The summed E-state index contributed by atoms with van der Waals surface area (Å²) in [6.07, 6.45) is 0.553. The van der Waals surface area contributed by atoms with Crippen LogP contribution in [0.25, 0.3) is 0 Å². The van der Waals surface area contributed by atoms with Gasteiger partial charge in [0.15, 0.2) is 0 Å². The molecule has 1 fully saturated rings. The maximum Gasteiger partial charge on any atom is 0.410 e. The third kappa shape index (κ3) is 2.39. The Morgan fingerprint density at radius 2 is 2.19 bits per heavy atom. The van der Waals surface area contributed by atoms with Crippen molar-refractivity contribution in [3.63, 3.8) is 0 Å². The molecular weight excluding hydrogens is 222 g/mol. The van der Waals surface area contributed by atoms with E-state index < -0.39 is 0 Å². The number of benzene rings is 1. The molecule has 0 N–H and O–H groups in total. The Kier molecular flexibility index (Phi) is 3.51. The molecule has 1 atom stereocenters. The molecule has 0 aromatic heterocycles. The molecule has 1 aromatic carbocycles. The molecule has 0 aliphatic carbocycles. The first kappa shape index (κ1) is 11.1. The highest BCUT2D eigenvalue weighted by Gasteiger charge is 2.31. The molecule has 2 rings (SSSR count). The summed E-state index contributed by atoms with van der Waals surface area (Å²) < 4.78 is 5.02. The van der Waals surface area contributed by atoms with Crippen molar-refractivity contribution < 1.29 is 9.53 Å². The number of ether oxygens (including phenoxy) is 1. The Morgan fingerprint density at radius 3 is 2.88 bits per heavy atom. The minimum atomic E-state index is -0.262. The maximum absolute atomic E-state index is 11.4. The van der Waals surface area contributed by atoms with Gasteiger partial charge in [-0.25, -0.2) is 4.79 Å². The molecule has 0 saturated carbocycles. The normalized spacial score (nSPS) is 19.6. The van der Waals surface area contributed by atoms with Gasteiger partial charge in [0.1, 0.15) is 6.61 Å². The molecule has 16 heavy (non-hydrogen) atoms. The highest BCUT2D eigenvalue weighted by Crippen LogP contribution is 2.16. The average molecular weight is 235 g/mol. The van der Waals surface area contributed by atoms with E-state index in [9.17, 15) is 4.79 Å². The predicted molar refractivity (Wildman–Crippen MR) is 65.6 cm³/mol. The lowest BCUT2D eigenvalue weighted by atomic mass is 10.1. The van der Waals surface area contributed by atoms with Crippen molar-refractivity contribution in [3.8, 4) is 0 Å². The zero-order valence-electron chi connectivity index (χ0n) is 8.83. The number of carbonyl (C=O) groups excluding carboxylic acids is 1. The molecule has 1 heterocycles. The number of rotatable bonds is 4. The number of carbonyl (C=O) groups is 1. The van der Waals surface area contributed by atoms with Gasteiger partial charge in [-0.3, -0.25) is 4.90 Å². The standard InChI is InChI=1S/C12H13NO2S/c14-12-13(6-7-16)11(9-15-12)8-10-4-2-1-3-5-10/h1-5,7,11H,6,8-9H2/t11-/m1/s1. The predicted octanol–water partition coefficient (Wildman–Crippen LogP) is 2.05. The van der Waals surface area contributed by atoms with Crippen LogP contribution in [0.15, 0.2) is 30.3 Å². The van der Waals surface area contributed by atoms with Crippen molar-refractivity contribution in [1.82, 2.24) is 4.90 Å². The van der Waals surface area contributed by atoms with Crippen LogP contribution >= 0.6 is 12.2 Å². The minimum absolute atomic E-state index is 0.106. The number of hydrogen-bond donors (Lipinski definition) is 0. The van der Waals surface area contributed by atoms with Crippen LogP contribution in [-0.2, 0) is 11.2 Å². The van der Waals surface area contributed by atoms with E-state index in [1.807, 2.05) is 18.2 Å². The molecule has 0 bridgehead atoms. The van der Waals surface area contributed by atoms with Crippen LogP contribution in [0.5, 0.6) is 0 Å². The van der Waals surface area contributed by atoms with E-state index in [1.165, 1.54) is 5.56 Å². The molecule has 3 nitrogen and oxygen atoms in total. The Bertz CT molecular complexity index is 380. The lowest BCUT2D eigenvalue weighted by molar-refractivity contribution is 0.161. The maximum atomic E-state index is 11.4. The number of thiocarbonyl (C=S) groups is 1. The van der Waals surface area contributed by atoms with Crippen LogP contribution in [0.4, 0.5) is 4.79 Å². The van der Waals surface area contributed by atoms with E-state index >= 15 is 0 Å². The summed E-state index contributed by atoms with van der Waals surface area (Å²) in [5.74, 6) is 0. The molecule has 4 heteroatoms. The Morgan fingerprint density at radius 1 is 1.44 bits per heavy atom. The molecule has 1 amide bonds. The fraction of sp³-hybridized carbons (Fsp3) is 0.333. The lowest BCUT2D eigenvalue weighted by Gasteiger charge is -2.19. The largest absolute Gasteiger partial charge is 0.447 e. The van der Waals surface area contributed by atoms with Crippen LogP contribution in [0.2, 0.25) is 0 Å². The van der Waals surface area contributed by atoms with Crippen LogP contribution in [0, 0.1) is 0 Å². The van der Waals surface area contributed by atoms with E-state index in [-0.39, 0.29) is 12.1 Å². The van der Waals surface area contributed by atoms with E-state index in [0.717, 1.165) is 6.42 Å². The monoisotopic (exact) mass is 235 g/mol. The summed E-state index contributed by atoms with van der Waals surface area (Å²) >= 11 is 4.78. The first-order chi connectivity index (χ1) is 7.81. The van der Waals surface area contributed by atoms with Gasteiger partial charge in [-0.05, 0) is 17.4 Å². The Balaban J connectivity index is 2.04. The van der Waals surface area contributed by atoms with Gasteiger partial charge in [-0.15, -0.1) is 0 Å². The van der Waals surface area contributed by atoms with Crippen molar-refractivity contribution in [2.24, 2.45) is 0 Å². The van der Waals surface area contributed by atoms with Gasteiger partial charge in [-0.2, -0.15) is 0 Å². The van der Waals surface area contributed by atoms with Crippen molar-refractivity contribution in [3.05, 3.63) is 35.9 Å². The SMILES string of the molecule is O=C1OC[C@@H](Cc2ccccc2)N1CC=S. The van der Waals surface area contributed by atoms with Gasteiger partial charge in [0.25, 0.3) is 0 Å². The summed E-state index contributed by atoms with van der Waals surface area (Å²) in [4.78, 5) is 13.1. The zero-order chi connectivity index (χ0) is 11.4. The number of nitrogens with zero attached hydrogens (tertiary/aromatic N) is 1. The fourth-order valence-corrected chi connectivity index (χ4v) is 2.01. The second kappa shape index (κ2) is 5.07. The second-order valence-corrected chi connectivity index (χ2v) is 4.07. The second-order valence-electron chi connectivity index (χ2n) is 3.74. The van der Waals surface area contributed by atoms with Crippen LogP contribution in [0.3, 0.4) is 0 Å². The van der Waals surface area contributed by atoms with Gasteiger partial charge in [0, 0.05) is 0 Å². The molecular formula is C12H13NO2S. The molecule has 84 valence electrons. The zero-order valence-corrected chi connectivity index (χ0v) is 9.65. The summed E-state index contributed by atoms with van der Waals surface area (Å²) in [7, 11) is 0. The minimum Gasteiger partial charge on any atom is -0.447 e. The van der Waals surface area contributed by atoms with Gasteiger partial charge in [0.2, 0.25) is 0 Å². The van der Waals surface area contributed by atoms with Gasteiger partial charge < -0.3 is 4.74 Å². The molecule has 1 aliphatic heterocycles. The fourth-order valence-electron chi connectivity index (χ4n) is 1.85. The van der Waals surface area contributed by atoms with E-state index in [1.54, 1.807) is 10.3 Å². The highest BCUT2D eigenvalue weighted by atomic mass is 32.1. The molecule has 0 radical (unpaired) electrons. The van der Waals surface area contributed by atoms with Gasteiger partial charge >= 0.3 is 6.09 Å². The lowest BCUT2D eigenvalue weighted by Crippen LogP contribution is -2.36. The first-order valence-electron chi connectivity index (χ1n) is 5.22. The van der Waals surface area contributed by atoms with Crippen LogP contribution in [0.1, 0.15) is 5.56 Å². The molecule has 0 unspecified atom stereocenters. The van der Waals surface area contributed by atoms with Crippen molar-refractivity contribution in [2.75, 3.05) is 13.2 Å². The third-order valence-electron chi connectivity index (χ3n) is 2.66. The van der Waals surface area contributed by atoms with Gasteiger partial charge in [-0.1, -0.05) is 42.5 Å². The summed E-state index contributed by atoms with van der Waals surface area (Å²) in [5.41, 5.74) is 1.21. The van der Waals surface area contributed by atoms with Crippen molar-refractivity contribution in [2.45, 2.75) is 12.5 Å².